The van der Waals surface area contributed by atoms with E-state index in [0.29, 0.717) is 49.0 Å². The van der Waals surface area contributed by atoms with E-state index in [1.54, 1.807) is 43.0 Å². The third-order valence-corrected chi connectivity index (χ3v) is 6.56. The lowest BCUT2D eigenvalue weighted by Crippen LogP contribution is -2.50. The molecule has 9 nitrogen and oxygen atoms in total. The van der Waals surface area contributed by atoms with Gasteiger partial charge in [0.15, 0.2) is 5.76 Å². The summed E-state index contributed by atoms with van der Waals surface area (Å²) >= 11 is 0. The smallest absolute Gasteiger partial charge is 0.289 e. The zero-order chi connectivity index (χ0) is 21.9. The van der Waals surface area contributed by atoms with E-state index >= 15 is 0 Å². The molecule has 0 spiro atoms. The van der Waals surface area contributed by atoms with Gasteiger partial charge in [-0.15, -0.1) is 0 Å². The topological polar surface area (TPSA) is 112 Å². The maximum absolute atomic E-state index is 12.4. The van der Waals surface area contributed by atoms with Crippen LogP contribution in [-0.2, 0) is 14.8 Å². The van der Waals surface area contributed by atoms with Gasteiger partial charge < -0.3 is 14.6 Å². The normalized spacial score (nSPS) is 15.2. The summed E-state index contributed by atoms with van der Waals surface area (Å²) in [7, 11) is -2.26. The molecule has 1 aromatic carbocycles. The largest absolute Gasteiger partial charge is 0.456 e. The predicted molar refractivity (Wildman–Crippen MR) is 112 cm³/mol. The van der Waals surface area contributed by atoms with Crippen LogP contribution in [0, 0.1) is 13.8 Å². The molecule has 0 radical (unpaired) electrons. The number of nitrogens with zero attached hydrogens (tertiary/aromatic N) is 2. The van der Waals surface area contributed by atoms with Gasteiger partial charge in [-0.1, -0.05) is 6.07 Å². The minimum Gasteiger partial charge on any atom is -0.456 e. The summed E-state index contributed by atoms with van der Waals surface area (Å²) < 4.78 is 31.9. The highest BCUT2D eigenvalue weighted by atomic mass is 32.2. The molecule has 2 aromatic rings. The van der Waals surface area contributed by atoms with Crippen LogP contribution in [0.4, 0.5) is 5.69 Å². The number of anilines is 1. The molecule has 10 heteroatoms. The number of hydrogen-bond acceptors (Lipinski definition) is 6. The molecular formula is C20H26N4O5S. The third-order valence-electron chi connectivity index (χ3n) is 5.01. The lowest BCUT2D eigenvalue weighted by Gasteiger charge is -2.33. The zero-order valence-electron chi connectivity index (χ0n) is 17.3. The molecule has 162 valence electrons. The highest BCUT2D eigenvalue weighted by Crippen LogP contribution is 2.20. The van der Waals surface area contributed by atoms with Crippen molar-refractivity contribution in [3.8, 4) is 0 Å². The van der Waals surface area contributed by atoms with Crippen molar-refractivity contribution in [3.63, 3.8) is 0 Å². The van der Waals surface area contributed by atoms with Gasteiger partial charge in [-0.3, -0.25) is 14.5 Å². The van der Waals surface area contributed by atoms with Gasteiger partial charge in [0.1, 0.15) is 5.76 Å². The Hall–Kier alpha value is -2.69. The van der Waals surface area contributed by atoms with Crippen LogP contribution in [-0.4, -0.2) is 69.8 Å². The van der Waals surface area contributed by atoms with E-state index in [9.17, 15) is 18.0 Å². The summed E-state index contributed by atoms with van der Waals surface area (Å²) in [6, 6.07) is 8.19. The summed E-state index contributed by atoms with van der Waals surface area (Å²) in [5.74, 6) is 0.624. The van der Waals surface area contributed by atoms with Gasteiger partial charge in [0.2, 0.25) is 15.9 Å². The van der Waals surface area contributed by atoms with Crippen LogP contribution in [0.25, 0.3) is 0 Å². The standard InChI is InChI=1S/C20H26N4O5S/c1-14-4-6-16(12-18(14)30(27,28)21-3)22-19(25)13-23-8-10-24(11-9-23)20(26)17-7-5-15(2)29-17/h4-7,12,21H,8-11,13H2,1-3H3,(H,22,25). The Balaban J connectivity index is 1.54. The van der Waals surface area contributed by atoms with E-state index in [-0.39, 0.29) is 23.3 Å². The monoisotopic (exact) mass is 434 g/mol. The molecule has 2 heterocycles. The number of hydrogen-bond donors (Lipinski definition) is 2. The van der Waals surface area contributed by atoms with Crippen molar-refractivity contribution in [3.05, 3.63) is 47.4 Å². The van der Waals surface area contributed by atoms with Gasteiger partial charge in [-0.25, -0.2) is 13.1 Å². The molecule has 1 aromatic heterocycles. The Kier molecular flexibility index (Phi) is 6.59. The van der Waals surface area contributed by atoms with Gasteiger partial charge in [0, 0.05) is 31.9 Å². The molecule has 1 fully saturated rings. The average molecular weight is 435 g/mol. The van der Waals surface area contributed by atoms with Gasteiger partial charge in [0.25, 0.3) is 5.91 Å². The summed E-state index contributed by atoms with van der Waals surface area (Å²) in [4.78, 5) is 28.6. The van der Waals surface area contributed by atoms with Crippen LogP contribution in [0.3, 0.4) is 0 Å². The lowest BCUT2D eigenvalue weighted by atomic mass is 10.2. The van der Waals surface area contributed by atoms with E-state index in [4.69, 9.17) is 4.42 Å². The summed E-state index contributed by atoms with van der Waals surface area (Å²) in [6.07, 6.45) is 0. The van der Waals surface area contributed by atoms with Gasteiger partial charge in [0.05, 0.1) is 11.4 Å². The molecule has 0 atom stereocenters. The Bertz CT molecular complexity index is 1040. The Morgan fingerprint density at radius 1 is 1.07 bits per heavy atom. The van der Waals surface area contributed by atoms with E-state index in [0.717, 1.165) is 0 Å². The fourth-order valence-electron chi connectivity index (χ4n) is 3.30. The van der Waals surface area contributed by atoms with Crippen molar-refractivity contribution in [1.29, 1.82) is 0 Å². The summed E-state index contributed by atoms with van der Waals surface area (Å²) in [6.45, 7) is 5.77. The quantitative estimate of drug-likeness (QED) is 0.707. The Labute approximate surface area is 176 Å². The Morgan fingerprint density at radius 2 is 1.77 bits per heavy atom. The SMILES string of the molecule is CNS(=O)(=O)c1cc(NC(=O)CN2CCN(C(=O)c3ccc(C)o3)CC2)ccc1C. The minimum atomic E-state index is -3.61. The maximum atomic E-state index is 12.4. The number of furan rings is 1. The lowest BCUT2D eigenvalue weighted by molar-refractivity contribution is -0.117. The number of nitrogens with one attached hydrogen (secondary N) is 2. The summed E-state index contributed by atoms with van der Waals surface area (Å²) in [5, 5.41) is 2.75. The molecule has 1 saturated heterocycles. The van der Waals surface area contributed by atoms with Crippen LogP contribution < -0.4 is 10.0 Å². The van der Waals surface area contributed by atoms with Crippen molar-refractivity contribution < 1.29 is 22.4 Å². The predicted octanol–water partition coefficient (Wildman–Crippen LogP) is 1.20. The molecule has 2 N–H and O–H groups in total. The number of rotatable bonds is 6. The van der Waals surface area contributed by atoms with Crippen molar-refractivity contribution >= 4 is 27.5 Å². The zero-order valence-corrected chi connectivity index (χ0v) is 18.1. The van der Waals surface area contributed by atoms with Gasteiger partial charge in [-0.2, -0.15) is 0 Å². The molecule has 0 saturated carbocycles. The minimum absolute atomic E-state index is 0.128. The van der Waals surface area contributed by atoms with Crippen LogP contribution in [0.2, 0.25) is 0 Å². The molecule has 3 rings (SSSR count). The van der Waals surface area contributed by atoms with Gasteiger partial charge in [-0.05, 0) is 50.7 Å². The second kappa shape index (κ2) is 8.99. The molecular weight excluding hydrogens is 408 g/mol. The number of amides is 2. The number of benzene rings is 1. The van der Waals surface area contributed by atoms with Crippen LogP contribution in [0.5, 0.6) is 0 Å². The fourth-order valence-corrected chi connectivity index (χ4v) is 4.29. The molecule has 0 bridgehead atoms. The molecule has 2 amide bonds. The van der Waals surface area contributed by atoms with Crippen molar-refractivity contribution in [2.75, 3.05) is 45.1 Å². The average Bonchev–Trinajstić information content (AvgIpc) is 3.15. The number of carbonyl (C=O) groups excluding carboxylic acids is 2. The molecule has 0 aliphatic carbocycles. The summed E-state index contributed by atoms with van der Waals surface area (Å²) in [5.41, 5.74) is 1.01. The number of carbonyl (C=O) groups is 2. The van der Waals surface area contributed by atoms with Crippen LogP contribution in [0.1, 0.15) is 21.9 Å². The second-order valence-electron chi connectivity index (χ2n) is 7.21. The number of piperazine rings is 1. The molecule has 0 unspecified atom stereocenters. The first-order chi connectivity index (χ1) is 14.2. The Morgan fingerprint density at radius 3 is 2.37 bits per heavy atom. The van der Waals surface area contributed by atoms with Crippen molar-refractivity contribution in [2.24, 2.45) is 0 Å². The van der Waals surface area contributed by atoms with Crippen LogP contribution >= 0.6 is 0 Å². The maximum Gasteiger partial charge on any atom is 0.289 e. The van der Waals surface area contributed by atoms with Crippen molar-refractivity contribution in [2.45, 2.75) is 18.7 Å². The highest BCUT2D eigenvalue weighted by molar-refractivity contribution is 7.89. The van der Waals surface area contributed by atoms with E-state index in [1.165, 1.54) is 13.1 Å². The van der Waals surface area contributed by atoms with E-state index < -0.39 is 10.0 Å². The van der Waals surface area contributed by atoms with Crippen LogP contribution in [0.15, 0.2) is 39.6 Å². The second-order valence-corrected chi connectivity index (χ2v) is 9.07. The number of sulfonamides is 1. The van der Waals surface area contributed by atoms with Gasteiger partial charge >= 0.3 is 0 Å². The van der Waals surface area contributed by atoms with Crippen molar-refractivity contribution in [1.82, 2.24) is 14.5 Å². The first kappa shape index (κ1) is 22.0. The van der Waals surface area contributed by atoms with E-state index in [1.807, 2.05) is 4.90 Å². The first-order valence-corrected chi connectivity index (χ1v) is 11.1. The molecule has 1 aliphatic rings. The highest BCUT2D eigenvalue weighted by Gasteiger charge is 2.25. The van der Waals surface area contributed by atoms with E-state index in [2.05, 4.69) is 10.0 Å². The first-order valence-electron chi connectivity index (χ1n) is 9.62. The molecule has 30 heavy (non-hydrogen) atoms. The number of aryl methyl sites for hydroxylation is 2. The fraction of sp³-hybridized carbons (Fsp3) is 0.400. The third kappa shape index (κ3) is 5.07. The molecule has 1 aliphatic heterocycles.